The first-order valence-electron chi connectivity index (χ1n) is 7.38. The molecular weight excluding hydrogens is 327 g/mol. The van der Waals surface area contributed by atoms with Crippen LogP contribution in [0.3, 0.4) is 0 Å². The van der Waals surface area contributed by atoms with Gasteiger partial charge in [-0.3, -0.25) is 14.4 Å². The van der Waals surface area contributed by atoms with Gasteiger partial charge in [-0.1, -0.05) is 5.16 Å². The summed E-state index contributed by atoms with van der Waals surface area (Å²) in [5.41, 5.74) is -0.270. The molecule has 0 saturated carbocycles. The van der Waals surface area contributed by atoms with Gasteiger partial charge in [-0.15, -0.1) is 0 Å². The van der Waals surface area contributed by atoms with Crippen molar-refractivity contribution in [2.45, 2.75) is 19.8 Å². The second-order valence-corrected chi connectivity index (χ2v) is 5.62. The monoisotopic (exact) mass is 343 g/mol. The van der Waals surface area contributed by atoms with Crippen molar-refractivity contribution in [1.29, 1.82) is 0 Å². The number of rotatable bonds is 3. The number of carbonyl (C=O) groups is 1. The molecular formula is C14H16F3N5O2. The van der Waals surface area contributed by atoms with Gasteiger partial charge in [0.1, 0.15) is 0 Å². The lowest BCUT2D eigenvalue weighted by molar-refractivity contribution is -0.141. The number of alkyl halides is 3. The largest absolute Gasteiger partial charge is 0.435 e. The fourth-order valence-corrected chi connectivity index (χ4v) is 2.51. The Morgan fingerprint density at radius 1 is 1.29 bits per heavy atom. The Bertz CT molecular complexity index is 716. The van der Waals surface area contributed by atoms with Crippen molar-refractivity contribution in [1.82, 2.24) is 24.7 Å². The molecule has 0 radical (unpaired) electrons. The number of aromatic nitrogens is 3. The first-order chi connectivity index (χ1) is 11.3. The highest BCUT2D eigenvalue weighted by Crippen LogP contribution is 2.27. The highest BCUT2D eigenvalue weighted by atomic mass is 19.4. The molecule has 1 aliphatic heterocycles. The average Bonchev–Trinajstić information content (AvgIpc) is 3.16. The van der Waals surface area contributed by atoms with Crippen molar-refractivity contribution in [3.8, 4) is 0 Å². The normalized spacial score (nSPS) is 16.6. The van der Waals surface area contributed by atoms with E-state index in [0.717, 1.165) is 6.07 Å². The maximum Gasteiger partial charge on any atom is 0.435 e. The Kier molecular flexibility index (Phi) is 4.31. The van der Waals surface area contributed by atoms with Crippen LogP contribution < -0.4 is 0 Å². The smallest absolute Gasteiger partial charge is 0.351 e. The molecule has 2 aromatic heterocycles. The number of halogens is 3. The molecule has 24 heavy (non-hydrogen) atoms. The molecule has 7 nitrogen and oxygen atoms in total. The minimum absolute atomic E-state index is 0.197. The fourth-order valence-electron chi connectivity index (χ4n) is 2.51. The molecule has 0 bridgehead atoms. The van der Waals surface area contributed by atoms with E-state index in [4.69, 9.17) is 4.52 Å². The van der Waals surface area contributed by atoms with Crippen LogP contribution in [-0.4, -0.2) is 56.8 Å². The second-order valence-electron chi connectivity index (χ2n) is 5.62. The molecule has 0 N–H and O–H groups in total. The molecule has 10 heteroatoms. The van der Waals surface area contributed by atoms with Crippen molar-refractivity contribution in [3.63, 3.8) is 0 Å². The molecule has 0 unspecified atom stereocenters. The van der Waals surface area contributed by atoms with Gasteiger partial charge in [-0.25, -0.2) is 0 Å². The Labute approximate surface area is 135 Å². The van der Waals surface area contributed by atoms with Gasteiger partial charge < -0.3 is 9.42 Å². The van der Waals surface area contributed by atoms with Crippen LogP contribution in [0.4, 0.5) is 13.2 Å². The highest BCUT2D eigenvalue weighted by molar-refractivity contribution is 5.91. The number of amides is 1. The summed E-state index contributed by atoms with van der Waals surface area (Å²) < 4.78 is 43.8. The zero-order chi connectivity index (χ0) is 17.3. The van der Waals surface area contributed by atoms with E-state index in [-0.39, 0.29) is 18.3 Å². The van der Waals surface area contributed by atoms with Gasteiger partial charge in [-0.05, 0) is 13.0 Å². The topological polar surface area (TPSA) is 67.4 Å². The molecule has 130 valence electrons. The molecule has 1 saturated heterocycles. The van der Waals surface area contributed by atoms with Crippen LogP contribution in [0.1, 0.15) is 21.9 Å². The van der Waals surface area contributed by atoms with Crippen LogP contribution in [0.2, 0.25) is 0 Å². The molecule has 3 heterocycles. The number of carbonyl (C=O) groups excluding carboxylic acids is 1. The predicted molar refractivity (Wildman–Crippen MR) is 75.9 cm³/mol. The number of aryl methyl sites for hydroxylation is 1. The summed E-state index contributed by atoms with van der Waals surface area (Å²) in [7, 11) is 0. The SMILES string of the molecule is Cc1cc(C(=O)N2CCN(Cn3ccc(C(F)(F)F)n3)CC2)on1. The maximum absolute atomic E-state index is 12.5. The van der Waals surface area contributed by atoms with Crippen molar-refractivity contribution in [2.24, 2.45) is 0 Å². The predicted octanol–water partition coefficient (Wildman–Crippen LogP) is 1.61. The quantitative estimate of drug-likeness (QED) is 0.847. The van der Waals surface area contributed by atoms with E-state index in [1.807, 2.05) is 4.90 Å². The molecule has 1 aliphatic rings. The lowest BCUT2D eigenvalue weighted by Crippen LogP contribution is -2.49. The molecule has 0 spiro atoms. The zero-order valence-corrected chi connectivity index (χ0v) is 13.0. The number of nitrogens with zero attached hydrogens (tertiary/aromatic N) is 5. The summed E-state index contributed by atoms with van der Waals surface area (Å²) in [5, 5.41) is 7.22. The average molecular weight is 343 g/mol. The lowest BCUT2D eigenvalue weighted by Gasteiger charge is -2.33. The van der Waals surface area contributed by atoms with Gasteiger partial charge in [-0.2, -0.15) is 18.3 Å². The zero-order valence-electron chi connectivity index (χ0n) is 13.0. The van der Waals surface area contributed by atoms with Gasteiger partial charge in [0.25, 0.3) is 5.91 Å². The van der Waals surface area contributed by atoms with Crippen LogP contribution in [0.15, 0.2) is 22.9 Å². The second kappa shape index (κ2) is 6.27. The highest BCUT2D eigenvalue weighted by Gasteiger charge is 2.33. The van der Waals surface area contributed by atoms with Gasteiger partial charge in [0.05, 0.1) is 12.4 Å². The Morgan fingerprint density at radius 3 is 2.54 bits per heavy atom. The fraction of sp³-hybridized carbons (Fsp3) is 0.500. The summed E-state index contributed by atoms with van der Waals surface area (Å²) in [6.07, 6.45) is -3.14. The minimum atomic E-state index is -4.44. The van der Waals surface area contributed by atoms with Crippen LogP contribution in [0.5, 0.6) is 0 Å². The van der Waals surface area contributed by atoms with Gasteiger partial charge in [0, 0.05) is 38.4 Å². The van der Waals surface area contributed by atoms with Gasteiger partial charge >= 0.3 is 6.18 Å². The molecule has 2 aromatic rings. The van der Waals surface area contributed by atoms with Crippen LogP contribution in [-0.2, 0) is 12.8 Å². The van der Waals surface area contributed by atoms with E-state index in [1.54, 1.807) is 17.9 Å². The van der Waals surface area contributed by atoms with E-state index < -0.39 is 11.9 Å². The van der Waals surface area contributed by atoms with E-state index in [1.165, 1.54) is 10.9 Å². The number of hydrogen-bond donors (Lipinski definition) is 0. The van der Waals surface area contributed by atoms with Crippen molar-refractivity contribution in [3.05, 3.63) is 35.5 Å². The van der Waals surface area contributed by atoms with Crippen molar-refractivity contribution >= 4 is 5.91 Å². The maximum atomic E-state index is 12.5. The third kappa shape index (κ3) is 3.58. The Morgan fingerprint density at radius 2 is 2.00 bits per heavy atom. The number of piperazine rings is 1. The third-order valence-corrected chi connectivity index (χ3v) is 3.77. The standard InChI is InChI=1S/C14H16F3N5O2/c1-10-8-11(24-19-10)13(23)21-6-4-20(5-7-21)9-22-3-2-12(18-22)14(15,16)17/h2-3,8H,4-7,9H2,1H3. The summed E-state index contributed by atoms with van der Waals surface area (Å²) in [6.45, 7) is 4.00. The van der Waals surface area contributed by atoms with Crippen LogP contribution >= 0.6 is 0 Å². The molecule has 1 fully saturated rings. The molecule has 0 aliphatic carbocycles. The van der Waals surface area contributed by atoms with Crippen LogP contribution in [0, 0.1) is 6.92 Å². The minimum Gasteiger partial charge on any atom is -0.351 e. The van der Waals surface area contributed by atoms with E-state index >= 15 is 0 Å². The Balaban J connectivity index is 1.54. The first-order valence-corrected chi connectivity index (χ1v) is 7.38. The van der Waals surface area contributed by atoms with Gasteiger partial charge in [0.15, 0.2) is 5.69 Å². The first kappa shape index (κ1) is 16.5. The lowest BCUT2D eigenvalue weighted by atomic mass is 10.3. The molecule has 3 rings (SSSR count). The van der Waals surface area contributed by atoms with E-state index in [9.17, 15) is 18.0 Å². The van der Waals surface area contributed by atoms with E-state index in [2.05, 4.69) is 10.3 Å². The summed E-state index contributed by atoms with van der Waals surface area (Å²) >= 11 is 0. The molecule has 0 atom stereocenters. The van der Waals surface area contributed by atoms with Crippen molar-refractivity contribution < 1.29 is 22.5 Å². The van der Waals surface area contributed by atoms with Crippen molar-refractivity contribution in [2.75, 3.05) is 26.2 Å². The molecule has 1 amide bonds. The Hall–Kier alpha value is -2.36. The van der Waals surface area contributed by atoms with E-state index in [0.29, 0.717) is 31.9 Å². The third-order valence-electron chi connectivity index (χ3n) is 3.77. The van der Waals surface area contributed by atoms with Gasteiger partial charge in [0.2, 0.25) is 5.76 Å². The molecule has 0 aromatic carbocycles. The van der Waals surface area contributed by atoms with Crippen LogP contribution in [0.25, 0.3) is 0 Å². The number of hydrogen-bond acceptors (Lipinski definition) is 5. The summed E-state index contributed by atoms with van der Waals surface area (Å²) in [5.74, 6) is -0.0310. The summed E-state index contributed by atoms with van der Waals surface area (Å²) in [4.78, 5) is 15.8. The summed E-state index contributed by atoms with van der Waals surface area (Å²) in [6, 6.07) is 2.53.